The Morgan fingerprint density at radius 1 is 1.25 bits per heavy atom. The van der Waals surface area contributed by atoms with Crippen LogP contribution in [0.15, 0.2) is 47.4 Å². The van der Waals surface area contributed by atoms with Gasteiger partial charge < -0.3 is 15.3 Å². The molecular formula is C20H19N5O3. The predicted molar refractivity (Wildman–Crippen MR) is 108 cm³/mol. The molecule has 0 saturated carbocycles. The summed E-state index contributed by atoms with van der Waals surface area (Å²) in [6, 6.07) is 10.3. The molecule has 0 aliphatic rings. The van der Waals surface area contributed by atoms with Crippen LogP contribution in [0.5, 0.6) is 0 Å². The summed E-state index contributed by atoms with van der Waals surface area (Å²) in [5, 5.41) is 11.9. The van der Waals surface area contributed by atoms with E-state index in [1.165, 1.54) is 12.1 Å². The van der Waals surface area contributed by atoms with Crippen molar-refractivity contribution in [3.8, 4) is 11.3 Å². The Bertz CT molecular complexity index is 1270. The average molecular weight is 377 g/mol. The van der Waals surface area contributed by atoms with E-state index in [1.54, 1.807) is 6.07 Å². The molecule has 8 nitrogen and oxygen atoms in total. The lowest BCUT2D eigenvalue weighted by atomic mass is 10.1. The molecule has 0 fully saturated rings. The van der Waals surface area contributed by atoms with Crippen molar-refractivity contribution in [2.45, 2.75) is 19.9 Å². The molecule has 2 aromatic carbocycles. The number of nitro benzene ring substituents is 1. The molecule has 2 heterocycles. The fourth-order valence-corrected chi connectivity index (χ4v) is 3.40. The van der Waals surface area contributed by atoms with Crippen molar-refractivity contribution in [3.63, 3.8) is 0 Å². The van der Waals surface area contributed by atoms with Crippen LogP contribution in [-0.2, 0) is 6.54 Å². The van der Waals surface area contributed by atoms with Gasteiger partial charge in [-0.15, -0.1) is 0 Å². The zero-order chi connectivity index (χ0) is 19.8. The first kappa shape index (κ1) is 17.9. The second kappa shape index (κ2) is 6.90. The highest BCUT2D eigenvalue weighted by molar-refractivity contribution is 5.97. The van der Waals surface area contributed by atoms with Crippen molar-refractivity contribution in [2.75, 3.05) is 6.54 Å². The highest BCUT2D eigenvalue weighted by Crippen LogP contribution is 2.31. The minimum absolute atomic E-state index is 0.00199. The molecule has 0 radical (unpaired) electrons. The van der Waals surface area contributed by atoms with E-state index < -0.39 is 4.92 Å². The van der Waals surface area contributed by atoms with E-state index in [1.807, 2.05) is 35.9 Å². The Labute approximate surface area is 159 Å². The van der Waals surface area contributed by atoms with Gasteiger partial charge >= 0.3 is 0 Å². The molecular weight excluding hydrogens is 358 g/mol. The third-order valence-electron chi connectivity index (χ3n) is 4.78. The first-order valence-corrected chi connectivity index (χ1v) is 8.96. The van der Waals surface area contributed by atoms with Gasteiger partial charge in [0, 0.05) is 35.8 Å². The van der Waals surface area contributed by atoms with Gasteiger partial charge in [-0.25, -0.2) is 4.98 Å². The van der Waals surface area contributed by atoms with Crippen LogP contribution in [0.3, 0.4) is 0 Å². The number of aromatic nitrogens is 3. The van der Waals surface area contributed by atoms with Crippen LogP contribution in [0.4, 0.5) is 5.69 Å². The lowest BCUT2D eigenvalue weighted by Crippen LogP contribution is -2.11. The van der Waals surface area contributed by atoms with Gasteiger partial charge in [-0.05, 0) is 43.7 Å². The number of fused-ring (bicyclic) bond motifs is 2. The molecule has 2 aromatic heterocycles. The minimum Gasteiger partial charge on any atom is -0.347 e. The summed E-state index contributed by atoms with van der Waals surface area (Å²) in [6.07, 6.45) is 2.54. The highest BCUT2D eigenvalue weighted by atomic mass is 16.6. The number of hydrogen-bond acceptors (Lipinski definition) is 5. The lowest BCUT2D eigenvalue weighted by Gasteiger charge is -2.03. The van der Waals surface area contributed by atoms with Gasteiger partial charge in [-0.1, -0.05) is 6.07 Å². The third kappa shape index (κ3) is 3.03. The molecule has 0 aliphatic carbocycles. The van der Waals surface area contributed by atoms with Gasteiger partial charge in [-0.2, -0.15) is 0 Å². The van der Waals surface area contributed by atoms with Gasteiger partial charge in [0.1, 0.15) is 5.69 Å². The van der Waals surface area contributed by atoms with Crippen LogP contribution in [0.2, 0.25) is 0 Å². The van der Waals surface area contributed by atoms with Crippen LogP contribution in [0, 0.1) is 17.0 Å². The Balaban J connectivity index is 1.98. The fourth-order valence-electron chi connectivity index (χ4n) is 3.40. The van der Waals surface area contributed by atoms with Crippen LogP contribution in [-0.4, -0.2) is 26.0 Å². The molecule has 142 valence electrons. The lowest BCUT2D eigenvalue weighted by molar-refractivity contribution is -0.384. The van der Waals surface area contributed by atoms with Crippen molar-refractivity contribution in [2.24, 2.45) is 5.73 Å². The van der Waals surface area contributed by atoms with Gasteiger partial charge in [0.05, 0.1) is 21.5 Å². The summed E-state index contributed by atoms with van der Waals surface area (Å²) in [4.78, 5) is 30.9. The molecule has 4 rings (SSSR count). The van der Waals surface area contributed by atoms with E-state index in [0.717, 1.165) is 10.9 Å². The van der Waals surface area contributed by atoms with Gasteiger partial charge in [0.25, 0.3) is 11.2 Å². The topological polar surface area (TPSA) is 120 Å². The van der Waals surface area contributed by atoms with E-state index in [-0.39, 0.29) is 11.2 Å². The number of hydrogen-bond donors (Lipinski definition) is 2. The van der Waals surface area contributed by atoms with Gasteiger partial charge in [-0.3, -0.25) is 14.9 Å². The maximum absolute atomic E-state index is 12.7. The Kier molecular flexibility index (Phi) is 4.40. The van der Waals surface area contributed by atoms with Crippen LogP contribution in [0.25, 0.3) is 33.2 Å². The molecule has 28 heavy (non-hydrogen) atoms. The van der Waals surface area contributed by atoms with E-state index in [2.05, 4.69) is 9.97 Å². The molecule has 0 atom stereocenters. The summed E-state index contributed by atoms with van der Waals surface area (Å²) >= 11 is 0. The van der Waals surface area contributed by atoms with E-state index in [9.17, 15) is 14.9 Å². The standard InChI is InChI=1S/C20H19N5O3/c1-12-3-6-16-17(9-12)22-19(20(26)23-16)15-11-24(8-2-7-21)18-10-13(25(27)28)4-5-14(15)18/h3-6,9-11H,2,7-8,21H2,1H3,(H,23,26). The van der Waals surface area contributed by atoms with Crippen molar-refractivity contribution < 1.29 is 4.92 Å². The zero-order valence-electron chi connectivity index (χ0n) is 15.3. The van der Waals surface area contributed by atoms with E-state index in [0.29, 0.717) is 47.3 Å². The Hall–Kier alpha value is -3.52. The SMILES string of the molecule is Cc1ccc2[nH]c(=O)c(-c3cn(CCCN)c4cc([N+](=O)[O-])ccc34)nc2c1. The molecule has 3 N–H and O–H groups in total. The minimum atomic E-state index is -0.427. The number of rotatable bonds is 5. The first-order chi connectivity index (χ1) is 13.5. The quantitative estimate of drug-likeness (QED) is 0.409. The molecule has 0 bridgehead atoms. The van der Waals surface area contributed by atoms with Crippen molar-refractivity contribution in [3.05, 3.63) is 68.6 Å². The first-order valence-electron chi connectivity index (χ1n) is 8.96. The van der Waals surface area contributed by atoms with Gasteiger partial charge in [0.2, 0.25) is 0 Å². The zero-order valence-corrected chi connectivity index (χ0v) is 15.3. The molecule has 0 aliphatic heterocycles. The third-order valence-corrected chi connectivity index (χ3v) is 4.78. The summed E-state index contributed by atoms with van der Waals surface area (Å²) in [5.74, 6) is 0. The molecule has 8 heteroatoms. The monoisotopic (exact) mass is 377 g/mol. The second-order valence-electron chi connectivity index (χ2n) is 6.77. The maximum Gasteiger partial charge on any atom is 0.275 e. The maximum atomic E-state index is 12.7. The number of aryl methyl sites for hydroxylation is 2. The number of benzene rings is 2. The number of H-pyrrole nitrogens is 1. The predicted octanol–water partition coefficient (Wildman–Crippen LogP) is 3.11. The number of non-ortho nitro benzene ring substituents is 1. The van der Waals surface area contributed by atoms with Crippen molar-refractivity contribution in [1.82, 2.24) is 14.5 Å². The average Bonchev–Trinajstić information content (AvgIpc) is 3.03. The summed E-state index contributed by atoms with van der Waals surface area (Å²) in [5.41, 5.74) is 9.36. The van der Waals surface area contributed by atoms with Crippen LogP contribution >= 0.6 is 0 Å². The summed E-state index contributed by atoms with van der Waals surface area (Å²) in [6.45, 7) is 3.06. The van der Waals surface area contributed by atoms with Crippen molar-refractivity contribution in [1.29, 1.82) is 0 Å². The molecule has 0 saturated heterocycles. The summed E-state index contributed by atoms with van der Waals surface area (Å²) in [7, 11) is 0. The largest absolute Gasteiger partial charge is 0.347 e. The van der Waals surface area contributed by atoms with Crippen LogP contribution in [0.1, 0.15) is 12.0 Å². The second-order valence-corrected chi connectivity index (χ2v) is 6.77. The van der Waals surface area contributed by atoms with E-state index >= 15 is 0 Å². The molecule has 0 spiro atoms. The normalized spacial score (nSPS) is 11.4. The number of nitrogens with zero attached hydrogens (tertiary/aromatic N) is 3. The molecule has 4 aromatic rings. The van der Waals surface area contributed by atoms with E-state index in [4.69, 9.17) is 5.73 Å². The summed E-state index contributed by atoms with van der Waals surface area (Å²) < 4.78 is 1.89. The smallest absolute Gasteiger partial charge is 0.275 e. The number of aromatic amines is 1. The number of nitrogens with one attached hydrogen (secondary N) is 1. The number of nitrogens with two attached hydrogens (primary N) is 1. The van der Waals surface area contributed by atoms with Gasteiger partial charge in [0.15, 0.2) is 0 Å². The Morgan fingerprint density at radius 2 is 2.07 bits per heavy atom. The fraction of sp³-hybridized carbons (Fsp3) is 0.200. The molecule has 0 unspecified atom stereocenters. The molecule has 0 amide bonds. The Morgan fingerprint density at radius 3 is 2.82 bits per heavy atom. The number of nitro groups is 1. The highest BCUT2D eigenvalue weighted by Gasteiger charge is 2.18. The van der Waals surface area contributed by atoms with Crippen LogP contribution < -0.4 is 11.3 Å². The van der Waals surface area contributed by atoms with Crippen molar-refractivity contribution >= 4 is 27.6 Å².